The van der Waals surface area contributed by atoms with Gasteiger partial charge in [-0.3, -0.25) is 4.79 Å². The van der Waals surface area contributed by atoms with Crippen LogP contribution in [-0.4, -0.2) is 21.7 Å². The van der Waals surface area contributed by atoms with Gasteiger partial charge in [-0.25, -0.2) is 4.68 Å². The Labute approximate surface area is 76.7 Å². The number of hydrogen-bond donors (Lipinski definition) is 1. The zero-order valence-electron chi connectivity index (χ0n) is 7.66. The molecule has 0 saturated heterocycles. The normalized spacial score (nSPS) is 21.2. The summed E-state index contributed by atoms with van der Waals surface area (Å²) in [5.41, 5.74) is 8.00. The molecule has 70 valence electrons. The van der Waals surface area contributed by atoms with Crippen LogP contribution < -0.4 is 5.73 Å². The van der Waals surface area contributed by atoms with Crippen LogP contribution in [0.1, 0.15) is 29.4 Å². The number of nitrogens with zero attached hydrogens (tertiary/aromatic N) is 2. The third-order valence-corrected chi connectivity index (χ3v) is 2.49. The van der Waals surface area contributed by atoms with Gasteiger partial charge in [0, 0.05) is 13.0 Å². The molecule has 1 aliphatic carbocycles. The fourth-order valence-corrected chi connectivity index (χ4v) is 1.82. The SMILES string of the molecule is CC(=O)n1ncc2c1CCC(N)C2. The molecule has 4 heteroatoms. The molecule has 0 radical (unpaired) electrons. The van der Waals surface area contributed by atoms with E-state index in [0.717, 1.165) is 30.5 Å². The van der Waals surface area contributed by atoms with Gasteiger partial charge in [-0.15, -0.1) is 0 Å². The Hall–Kier alpha value is -1.16. The fourth-order valence-electron chi connectivity index (χ4n) is 1.82. The maximum atomic E-state index is 11.1. The molecule has 2 rings (SSSR count). The van der Waals surface area contributed by atoms with Crippen molar-refractivity contribution in [1.82, 2.24) is 9.78 Å². The summed E-state index contributed by atoms with van der Waals surface area (Å²) in [5.74, 6) is -0.0169. The van der Waals surface area contributed by atoms with Gasteiger partial charge in [-0.2, -0.15) is 5.10 Å². The third kappa shape index (κ3) is 1.37. The number of hydrogen-bond acceptors (Lipinski definition) is 3. The predicted octanol–water partition coefficient (Wildman–Crippen LogP) is 0.359. The van der Waals surface area contributed by atoms with E-state index in [2.05, 4.69) is 5.10 Å². The topological polar surface area (TPSA) is 60.9 Å². The van der Waals surface area contributed by atoms with Crippen molar-refractivity contribution in [2.75, 3.05) is 0 Å². The van der Waals surface area contributed by atoms with Gasteiger partial charge in [0.25, 0.3) is 0 Å². The van der Waals surface area contributed by atoms with Crippen molar-refractivity contribution >= 4 is 5.91 Å². The van der Waals surface area contributed by atoms with Gasteiger partial charge < -0.3 is 5.73 Å². The standard InChI is InChI=1S/C9H13N3O/c1-6(13)12-9-3-2-8(10)4-7(9)5-11-12/h5,8H,2-4,10H2,1H3. The van der Waals surface area contributed by atoms with E-state index in [1.807, 2.05) is 0 Å². The van der Waals surface area contributed by atoms with Crippen LogP contribution in [0.15, 0.2) is 6.20 Å². The molecule has 13 heavy (non-hydrogen) atoms. The van der Waals surface area contributed by atoms with E-state index in [0.29, 0.717) is 0 Å². The molecule has 0 saturated carbocycles. The fraction of sp³-hybridized carbons (Fsp3) is 0.556. The van der Waals surface area contributed by atoms with E-state index in [4.69, 9.17) is 5.73 Å². The smallest absolute Gasteiger partial charge is 0.243 e. The minimum absolute atomic E-state index is 0.0169. The molecule has 0 fully saturated rings. The second-order valence-corrected chi connectivity index (χ2v) is 3.55. The van der Waals surface area contributed by atoms with Crippen molar-refractivity contribution in [3.63, 3.8) is 0 Å². The van der Waals surface area contributed by atoms with Crippen LogP contribution in [0.4, 0.5) is 0 Å². The highest BCUT2D eigenvalue weighted by atomic mass is 16.2. The molecule has 4 nitrogen and oxygen atoms in total. The van der Waals surface area contributed by atoms with Gasteiger partial charge in [0.2, 0.25) is 5.91 Å². The maximum Gasteiger partial charge on any atom is 0.243 e. The summed E-state index contributed by atoms with van der Waals surface area (Å²) < 4.78 is 1.49. The first kappa shape index (κ1) is 8.44. The summed E-state index contributed by atoms with van der Waals surface area (Å²) in [6, 6.07) is 0.233. The molecular formula is C9H13N3O. The molecule has 1 atom stereocenters. The van der Waals surface area contributed by atoms with Gasteiger partial charge in [-0.1, -0.05) is 0 Å². The van der Waals surface area contributed by atoms with Crippen LogP contribution in [0.3, 0.4) is 0 Å². The summed E-state index contributed by atoms with van der Waals surface area (Å²) in [7, 11) is 0. The average Bonchev–Trinajstić information content (AvgIpc) is 2.46. The highest BCUT2D eigenvalue weighted by Gasteiger charge is 2.20. The number of aromatic nitrogens is 2. The van der Waals surface area contributed by atoms with Crippen molar-refractivity contribution in [2.45, 2.75) is 32.2 Å². The summed E-state index contributed by atoms with van der Waals surface area (Å²) in [5, 5.41) is 4.04. The summed E-state index contributed by atoms with van der Waals surface area (Å²) in [6.45, 7) is 1.53. The number of carbonyl (C=O) groups excluding carboxylic acids is 1. The molecule has 1 unspecified atom stereocenters. The van der Waals surface area contributed by atoms with E-state index >= 15 is 0 Å². The summed E-state index contributed by atoms with van der Waals surface area (Å²) in [6.07, 6.45) is 4.43. The summed E-state index contributed by atoms with van der Waals surface area (Å²) >= 11 is 0. The molecule has 0 aromatic carbocycles. The average molecular weight is 179 g/mol. The monoisotopic (exact) mass is 179 g/mol. The Morgan fingerprint density at radius 2 is 2.54 bits per heavy atom. The van der Waals surface area contributed by atoms with Crippen molar-refractivity contribution in [3.05, 3.63) is 17.5 Å². The highest BCUT2D eigenvalue weighted by molar-refractivity contribution is 5.76. The third-order valence-electron chi connectivity index (χ3n) is 2.49. The zero-order valence-corrected chi connectivity index (χ0v) is 7.66. The van der Waals surface area contributed by atoms with Crippen molar-refractivity contribution in [3.8, 4) is 0 Å². The van der Waals surface area contributed by atoms with Crippen molar-refractivity contribution in [2.24, 2.45) is 5.73 Å². The molecule has 1 aromatic rings. The lowest BCUT2D eigenvalue weighted by atomic mass is 9.94. The van der Waals surface area contributed by atoms with Gasteiger partial charge in [-0.05, 0) is 24.8 Å². The van der Waals surface area contributed by atoms with Gasteiger partial charge in [0.1, 0.15) is 0 Å². The first-order valence-electron chi connectivity index (χ1n) is 4.51. The van der Waals surface area contributed by atoms with Crippen LogP contribution in [-0.2, 0) is 12.8 Å². The molecule has 2 N–H and O–H groups in total. The molecule has 0 bridgehead atoms. The molecule has 0 aliphatic heterocycles. The first-order valence-corrected chi connectivity index (χ1v) is 4.51. The molecule has 0 spiro atoms. The Balaban J connectivity index is 2.39. The number of rotatable bonds is 0. The predicted molar refractivity (Wildman–Crippen MR) is 48.5 cm³/mol. The van der Waals surface area contributed by atoms with E-state index in [-0.39, 0.29) is 11.9 Å². The van der Waals surface area contributed by atoms with Crippen LogP contribution >= 0.6 is 0 Å². The van der Waals surface area contributed by atoms with Crippen LogP contribution in [0.2, 0.25) is 0 Å². The Morgan fingerprint density at radius 1 is 1.77 bits per heavy atom. The molecule has 1 aromatic heterocycles. The molecule has 1 heterocycles. The van der Waals surface area contributed by atoms with Crippen LogP contribution in [0.5, 0.6) is 0 Å². The lowest BCUT2D eigenvalue weighted by molar-refractivity contribution is 0.0917. The second kappa shape index (κ2) is 2.96. The number of nitrogens with two attached hydrogens (primary N) is 1. The largest absolute Gasteiger partial charge is 0.327 e. The Morgan fingerprint density at radius 3 is 3.23 bits per heavy atom. The number of fused-ring (bicyclic) bond motifs is 1. The number of carbonyl (C=O) groups is 1. The van der Waals surface area contributed by atoms with Crippen LogP contribution in [0.25, 0.3) is 0 Å². The van der Waals surface area contributed by atoms with Gasteiger partial charge in [0.05, 0.1) is 11.9 Å². The Kier molecular flexibility index (Phi) is 1.92. The van der Waals surface area contributed by atoms with E-state index in [1.165, 1.54) is 11.6 Å². The minimum atomic E-state index is -0.0169. The Bertz CT molecular complexity index is 343. The lowest BCUT2D eigenvalue weighted by Gasteiger charge is -2.18. The quantitative estimate of drug-likeness (QED) is 0.625. The first-order chi connectivity index (χ1) is 6.18. The summed E-state index contributed by atoms with van der Waals surface area (Å²) in [4.78, 5) is 11.1. The highest BCUT2D eigenvalue weighted by Crippen LogP contribution is 2.19. The second-order valence-electron chi connectivity index (χ2n) is 3.55. The molecule has 1 aliphatic rings. The van der Waals surface area contributed by atoms with Gasteiger partial charge in [0.15, 0.2) is 0 Å². The lowest BCUT2D eigenvalue weighted by Crippen LogP contribution is -2.28. The minimum Gasteiger partial charge on any atom is -0.327 e. The van der Waals surface area contributed by atoms with E-state index in [9.17, 15) is 4.79 Å². The van der Waals surface area contributed by atoms with Crippen molar-refractivity contribution in [1.29, 1.82) is 0 Å². The van der Waals surface area contributed by atoms with Gasteiger partial charge >= 0.3 is 0 Å². The van der Waals surface area contributed by atoms with E-state index in [1.54, 1.807) is 6.20 Å². The maximum absolute atomic E-state index is 11.1. The zero-order chi connectivity index (χ0) is 9.42. The van der Waals surface area contributed by atoms with Crippen LogP contribution in [0, 0.1) is 0 Å². The van der Waals surface area contributed by atoms with E-state index < -0.39 is 0 Å². The molecular weight excluding hydrogens is 166 g/mol. The van der Waals surface area contributed by atoms with Crippen molar-refractivity contribution < 1.29 is 4.79 Å². The molecule has 0 amide bonds.